The molecule has 0 fully saturated rings. The van der Waals surface area contributed by atoms with Crippen molar-refractivity contribution in [1.29, 1.82) is 0 Å². The molecule has 1 atom stereocenters. The lowest BCUT2D eigenvalue weighted by atomic mass is 10.1. The van der Waals surface area contributed by atoms with Gasteiger partial charge >= 0.3 is 0 Å². The lowest BCUT2D eigenvalue weighted by Gasteiger charge is -2.27. The van der Waals surface area contributed by atoms with Gasteiger partial charge in [-0.2, -0.15) is 0 Å². The third kappa shape index (κ3) is 4.58. The Kier molecular flexibility index (Phi) is 6.49. The fourth-order valence-electron chi connectivity index (χ4n) is 1.41. The van der Waals surface area contributed by atoms with E-state index in [1.807, 2.05) is 7.05 Å². The Labute approximate surface area is 87.0 Å². The molecule has 0 aromatic heterocycles. The maximum absolute atomic E-state index is 11.4. The van der Waals surface area contributed by atoms with Gasteiger partial charge in [0.05, 0.1) is 6.54 Å². The van der Waals surface area contributed by atoms with E-state index in [2.05, 4.69) is 11.8 Å². The summed E-state index contributed by atoms with van der Waals surface area (Å²) in [5, 5.41) is 0. The van der Waals surface area contributed by atoms with Gasteiger partial charge in [-0.15, -0.1) is 0 Å². The molecular weight excluding hydrogens is 178 g/mol. The minimum Gasteiger partial charge on any atom is -0.348 e. The second-order valence-corrected chi connectivity index (χ2v) is 3.84. The molecule has 4 heteroatoms. The lowest BCUT2D eigenvalue weighted by molar-refractivity contribution is -0.130. The number of hydrogen-bond donors (Lipinski definition) is 1. The van der Waals surface area contributed by atoms with Crippen LogP contribution < -0.4 is 5.73 Å². The molecule has 2 N–H and O–H groups in total. The number of rotatable bonds is 6. The maximum Gasteiger partial charge on any atom is 0.236 e. The number of nitrogens with zero attached hydrogens (tertiary/aromatic N) is 2. The van der Waals surface area contributed by atoms with Crippen LogP contribution in [0.3, 0.4) is 0 Å². The van der Waals surface area contributed by atoms with Crippen LogP contribution in [0.2, 0.25) is 0 Å². The van der Waals surface area contributed by atoms with Gasteiger partial charge in [-0.25, -0.2) is 0 Å². The number of nitrogens with two attached hydrogens (primary N) is 1. The van der Waals surface area contributed by atoms with Gasteiger partial charge in [-0.3, -0.25) is 9.69 Å². The molecule has 0 aliphatic rings. The fraction of sp³-hybridized carbons (Fsp3) is 0.900. The molecule has 0 aromatic carbocycles. The van der Waals surface area contributed by atoms with E-state index in [1.165, 1.54) is 0 Å². The second-order valence-electron chi connectivity index (χ2n) is 3.84. The smallest absolute Gasteiger partial charge is 0.236 e. The highest BCUT2D eigenvalue weighted by Crippen LogP contribution is 2.05. The number of hydrogen-bond acceptors (Lipinski definition) is 3. The summed E-state index contributed by atoms with van der Waals surface area (Å²) in [6.07, 6.45) is 1.99. The molecule has 84 valence electrons. The van der Waals surface area contributed by atoms with Crippen molar-refractivity contribution in [2.45, 2.75) is 25.8 Å². The molecule has 0 saturated carbocycles. The highest BCUT2D eigenvalue weighted by Gasteiger charge is 2.15. The van der Waals surface area contributed by atoms with Gasteiger partial charge in [0, 0.05) is 20.1 Å². The number of carbonyl (C=O) groups excluding carboxylic acids is 1. The first-order valence-corrected chi connectivity index (χ1v) is 5.13. The zero-order chi connectivity index (χ0) is 11.1. The average Bonchev–Trinajstić information content (AvgIpc) is 2.13. The highest BCUT2D eigenvalue weighted by molar-refractivity contribution is 5.77. The first kappa shape index (κ1) is 13.4. The summed E-state index contributed by atoms with van der Waals surface area (Å²) in [7, 11) is 5.53. The Morgan fingerprint density at radius 3 is 2.29 bits per heavy atom. The summed E-state index contributed by atoms with van der Waals surface area (Å²) < 4.78 is 0. The maximum atomic E-state index is 11.4. The van der Waals surface area contributed by atoms with Crippen LogP contribution in [0.1, 0.15) is 19.8 Å². The van der Waals surface area contributed by atoms with E-state index in [1.54, 1.807) is 19.0 Å². The van der Waals surface area contributed by atoms with Crippen molar-refractivity contribution >= 4 is 5.91 Å². The van der Waals surface area contributed by atoms with Crippen LogP contribution in [0.4, 0.5) is 0 Å². The predicted octanol–water partition coefficient (Wildman–Crippen LogP) is 0.134. The largest absolute Gasteiger partial charge is 0.348 e. The van der Waals surface area contributed by atoms with Crippen LogP contribution in [-0.2, 0) is 4.79 Å². The fourth-order valence-corrected chi connectivity index (χ4v) is 1.41. The van der Waals surface area contributed by atoms with E-state index in [0.717, 1.165) is 12.8 Å². The SMILES string of the molecule is CCC(CCN)N(C)CC(=O)N(C)C. The van der Waals surface area contributed by atoms with Crippen LogP contribution >= 0.6 is 0 Å². The summed E-state index contributed by atoms with van der Waals surface area (Å²) in [6.45, 7) is 3.28. The Morgan fingerprint density at radius 2 is 1.93 bits per heavy atom. The normalized spacial score (nSPS) is 13.0. The Balaban J connectivity index is 4.02. The van der Waals surface area contributed by atoms with Crippen LogP contribution in [0.15, 0.2) is 0 Å². The monoisotopic (exact) mass is 201 g/mol. The Hall–Kier alpha value is -0.610. The first-order valence-electron chi connectivity index (χ1n) is 5.13. The van der Waals surface area contributed by atoms with Gasteiger partial charge in [0.15, 0.2) is 0 Å². The summed E-state index contributed by atoms with van der Waals surface area (Å²) in [5.74, 6) is 0.142. The van der Waals surface area contributed by atoms with E-state index >= 15 is 0 Å². The summed E-state index contributed by atoms with van der Waals surface area (Å²) >= 11 is 0. The topological polar surface area (TPSA) is 49.6 Å². The third-order valence-electron chi connectivity index (χ3n) is 2.48. The van der Waals surface area contributed by atoms with Crippen molar-refractivity contribution in [3.8, 4) is 0 Å². The van der Waals surface area contributed by atoms with E-state index in [-0.39, 0.29) is 5.91 Å². The molecular formula is C10H23N3O. The highest BCUT2D eigenvalue weighted by atomic mass is 16.2. The van der Waals surface area contributed by atoms with Gasteiger partial charge in [-0.1, -0.05) is 6.92 Å². The third-order valence-corrected chi connectivity index (χ3v) is 2.48. The van der Waals surface area contributed by atoms with E-state index in [4.69, 9.17) is 5.73 Å². The molecule has 0 radical (unpaired) electrons. The van der Waals surface area contributed by atoms with Crippen molar-refractivity contribution in [2.75, 3.05) is 34.2 Å². The van der Waals surface area contributed by atoms with Gasteiger partial charge in [0.1, 0.15) is 0 Å². The van der Waals surface area contributed by atoms with Gasteiger partial charge in [-0.05, 0) is 26.4 Å². The van der Waals surface area contributed by atoms with Crippen molar-refractivity contribution in [3.63, 3.8) is 0 Å². The first-order chi connectivity index (χ1) is 6.52. The molecule has 14 heavy (non-hydrogen) atoms. The zero-order valence-corrected chi connectivity index (χ0v) is 9.79. The summed E-state index contributed by atoms with van der Waals surface area (Å²) in [4.78, 5) is 15.1. The van der Waals surface area contributed by atoms with Crippen molar-refractivity contribution in [3.05, 3.63) is 0 Å². The standard InChI is InChI=1S/C10H23N3O/c1-5-9(6-7-11)13(4)8-10(14)12(2)3/h9H,5-8,11H2,1-4H3. The average molecular weight is 201 g/mol. The van der Waals surface area contributed by atoms with Gasteiger partial charge in [0.2, 0.25) is 5.91 Å². The molecule has 0 aliphatic carbocycles. The quantitative estimate of drug-likeness (QED) is 0.665. The minimum absolute atomic E-state index is 0.142. The van der Waals surface area contributed by atoms with Crippen LogP contribution in [-0.4, -0.2) is 56.0 Å². The second kappa shape index (κ2) is 6.79. The van der Waals surface area contributed by atoms with Crippen LogP contribution in [0.25, 0.3) is 0 Å². The summed E-state index contributed by atoms with van der Waals surface area (Å²) in [5.41, 5.74) is 5.51. The molecule has 0 heterocycles. The van der Waals surface area contributed by atoms with E-state index in [0.29, 0.717) is 19.1 Å². The van der Waals surface area contributed by atoms with E-state index in [9.17, 15) is 4.79 Å². The van der Waals surface area contributed by atoms with Crippen molar-refractivity contribution in [1.82, 2.24) is 9.80 Å². The van der Waals surface area contributed by atoms with Gasteiger partial charge < -0.3 is 10.6 Å². The number of carbonyl (C=O) groups is 1. The predicted molar refractivity (Wildman–Crippen MR) is 59.1 cm³/mol. The number of likely N-dealkylation sites (N-methyl/N-ethyl adjacent to an activating group) is 2. The van der Waals surface area contributed by atoms with Crippen LogP contribution in [0, 0.1) is 0 Å². The lowest BCUT2D eigenvalue weighted by Crippen LogP contribution is -2.40. The molecule has 0 saturated heterocycles. The Morgan fingerprint density at radius 1 is 1.36 bits per heavy atom. The molecule has 4 nitrogen and oxygen atoms in total. The Bertz CT molecular complexity index is 171. The molecule has 0 rings (SSSR count). The number of amides is 1. The molecule has 0 aromatic rings. The van der Waals surface area contributed by atoms with Crippen LogP contribution in [0.5, 0.6) is 0 Å². The molecule has 1 amide bonds. The van der Waals surface area contributed by atoms with E-state index < -0.39 is 0 Å². The molecule has 0 spiro atoms. The molecule has 0 aliphatic heterocycles. The zero-order valence-electron chi connectivity index (χ0n) is 9.79. The van der Waals surface area contributed by atoms with Gasteiger partial charge in [0.25, 0.3) is 0 Å². The van der Waals surface area contributed by atoms with Crippen molar-refractivity contribution in [2.24, 2.45) is 5.73 Å². The van der Waals surface area contributed by atoms with Crippen molar-refractivity contribution < 1.29 is 4.79 Å². The summed E-state index contributed by atoms with van der Waals surface area (Å²) in [6, 6.07) is 0.420. The molecule has 0 bridgehead atoms. The molecule has 1 unspecified atom stereocenters. The minimum atomic E-state index is 0.142.